The normalized spacial score (nSPS) is 13.4. The summed E-state index contributed by atoms with van der Waals surface area (Å²) in [5, 5.41) is 10.6. The lowest BCUT2D eigenvalue weighted by molar-refractivity contribution is 0.0741. The second-order valence-electron chi connectivity index (χ2n) is 12.4. The number of benzene rings is 2. The SMILES string of the molecule is CS(=O)(=O)O.Cc1ccc(-n2nc(C(C)(C)C)cc2NC(=O)Nc2ccc(N3CCN(C(=O)c4cc(F)ccc4F)CC3)nc2C)cc1. The van der Waals surface area contributed by atoms with Crippen LogP contribution in [0.3, 0.4) is 0 Å². The van der Waals surface area contributed by atoms with E-state index in [-0.39, 0.29) is 11.0 Å². The topological polar surface area (TPSA) is 150 Å². The van der Waals surface area contributed by atoms with Crippen LogP contribution in [-0.4, -0.2) is 77.0 Å². The van der Waals surface area contributed by atoms with Crippen molar-refractivity contribution in [2.45, 2.75) is 40.0 Å². The molecule has 0 spiro atoms. The van der Waals surface area contributed by atoms with Crippen LogP contribution in [0.2, 0.25) is 0 Å². The van der Waals surface area contributed by atoms with Crippen LogP contribution in [0.15, 0.2) is 60.7 Å². The summed E-state index contributed by atoms with van der Waals surface area (Å²) in [5.41, 5.74) is 3.49. The molecule has 1 aliphatic rings. The van der Waals surface area contributed by atoms with E-state index in [0.717, 1.165) is 35.1 Å². The summed E-state index contributed by atoms with van der Waals surface area (Å²) in [7, 11) is -3.67. The first-order valence-electron chi connectivity index (χ1n) is 15.0. The predicted octanol–water partition coefficient (Wildman–Crippen LogP) is 5.57. The summed E-state index contributed by atoms with van der Waals surface area (Å²) in [6.45, 7) is 11.6. The van der Waals surface area contributed by atoms with Gasteiger partial charge in [-0.15, -0.1) is 0 Å². The number of carbonyl (C=O) groups is 2. The molecule has 0 atom stereocenters. The van der Waals surface area contributed by atoms with Crippen LogP contribution in [0.5, 0.6) is 0 Å². The van der Waals surface area contributed by atoms with Gasteiger partial charge in [-0.05, 0) is 56.3 Å². The van der Waals surface area contributed by atoms with Crippen LogP contribution >= 0.6 is 0 Å². The van der Waals surface area contributed by atoms with Crippen LogP contribution in [0.4, 0.5) is 30.9 Å². The van der Waals surface area contributed by atoms with Gasteiger partial charge in [-0.25, -0.2) is 23.2 Å². The summed E-state index contributed by atoms with van der Waals surface area (Å²) in [4.78, 5) is 34.0. The van der Waals surface area contributed by atoms with Crippen molar-refractivity contribution in [1.82, 2.24) is 19.7 Å². The van der Waals surface area contributed by atoms with Crippen molar-refractivity contribution in [3.63, 3.8) is 0 Å². The monoisotopic (exact) mass is 683 g/mol. The van der Waals surface area contributed by atoms with Crippen molar-refractivity contribution >= 4 is 39.4 Å². The van der Waals surface area contributed by atoms with E-state index in [9.17, 15) is 26.8 Å². The first kappa shape index (κ1) is 36.0. The van der Waals surface area contributed by atoms with E-state index in [1.165, 1.54) is 4.90 Å². The lowest BCUT2D eigenvalue weighted by Gasteiger charge is -2.35. The number of pyridine rings is 1. The smallest absolute Gasteiger partial charge is 0.324 e. The van der Waals surface area contributed by atoms with E-state index in [2.05, 4.69) is 36.4 Å². The van der Waals surface area contributed by atoms with Crippen molar-refractivity contribution in [3.05, 3.63) is 94.8 Å². The summed E-state index contributed by atoms with van der Waals surface area (Å²) in [6.07, 6.45) is 0.715. The fourth-order valence-corrected chi connectivity index (χ4v) is 4.82. The average molecular weight is 684 g/mol. The number of hydrogen-bond acceptors (Lipinski definition) is 7. The molecule has 3 heterocycles. The molecule has 256 valence electrons. The van der Waals surface area contributed by atoms with E-state index in [1.807, 2.05) is 42.2 Å². The Kier molecular flexibility index (Phi) is 10.8. The largest absolute Gasteiger partial charge is 0.353 e. The van der Waals surface area contributed by atoms with Gasteiger partial charge in [0.25, 0.3) is 16.0 Å². The zero-order valence-electron chi connectivity index (χ0n) is 27.6. The number of rotatable bonds is 5. The minimum absolute atomic E-state index is 0.215. The third-order valence-corrected chi connectivity index (χ3v) is 7.37. The molecule has 4 aromatic rings. The van der Waals surface area contributed by atoms with Gasteiger partial charge in [0, 0.05) is 37.7 Å². The van der Waals surface area contributed by atoms with E-state index >= 15 is 0 Å². The zero-order chi connectivity index (χ0) is 35.4. The molecule has 1 saturated heterocycles. The summed E-state index contributed by atoms with van der Waals surface area (Å²) < 4.78 is 55.3. The molecule has 0 saturated carbocycles. The molecule has 0 aliphatic carbocycles. The minimum Gasteiger partial charge on any atom is -0.353 e. The predicted molar refractivity (Wildman–Crippen MR) is 181 cm³/mol. The molecule has 3 N–H and O–H groups in total. The molecule has 0 bridgehead atoms. The number of amides is 3. The molecule has 2 aromatic heterocycles. The highest BCUT2D eigenvalue weighted by Crippen LogP contribution is 2.27. The number of nitrogens with one attached hydrogen (secondary N) is 2. The number of aryl methyl sites for hydroxylation is 2. The lowest BCUT2D eigenvalue weighted by Crippen LogP contribution is -2.49. The molecular weight excluding hydrogens is 644 g/mol. The standard InChI is InChI=1S/C32H35F2N7O2.CH4O3S/c1-20-6-9-23(10-7-20)41-29(19-27(38-41)32(3,4)5)37-31(43)36-26-12-13-28(35-21(26)2)39-14-16-40(17-15-39)30(42)24-18-22(33)8-11-25(24)34;1-5(2,3)4/h6-13,18-19H,14-17H2,1-5H3,(H2,36,37,43);1H3,(H,2,3,4). The fraction of sp³-hybridized carbons (Fsp3) is 0.333. The summed E-state index contributed by atoms with van der Waals surface area (Å²) in [6, 6.07) is 15.8. The minimum atomic E-state index is -3.67. The van der Waals surface area contributed by atoms with Gasteiger partial charge in [0.05, 0.1) is 34.6 Å². The maximum absolute atomic E-state index is 14.1. The molecule has 1 aliphatic heterocycles. The van der Waals surface area contributed by atoms with Crippen molar-refractivity contribution in [2.24, 2.45) is 0 Å². The highest BCUT2D eigenvalue weighted by atomic mass is 32.2. The number of piperazine rings is 1. The first-order chi connectivity index (χ1) is 22.4. The molecule has 5 rings (SSSR count). The Morgan fingerprint density at radius 2 is 1.52 bits per heavy atom. The van der Waals surface area contributed by atoms with E-state index < -0.39 is 33.7 Å². The van der Waals surface area contributed by atoms with Gasteiger partial charge in [-0.3, -0.25) is 14.7 Å². The molecule has 0 unspecified atom stereocenters. The lowest BCUT2D eigenvalue weighted by atomic mass is 9.92. The number of urea groups is 1. The number of carbonyl (C=O) groups excluding carboxylic acids is 2. The molecule has 48 heavy (non-hydrogen) atoms. The number of aromatic nitrogens is 3. The van der Waals surface area contributed by atoms with Gasteiger partial charge in [0.1, 0.15) is 23.3 Å². The molecule has 1 fully saturated rings. The van der Waals surface area contributed by atoms with Crippen LogP contribution in [0.1, 0.15) is 48.1 Å². The van der Waals surface area contributed by atoms with Crippen molar-refractivity contribution < 1.29 is 31.3 Å². The Balaban J connectivity index is 0.000000968. The quantitative estimate of drug-likeness (QED) is 0.231. The third-order valence-electron chi connectivity index (χ3n) is 7.37. The Hall–Kier alpha value is -4.89. The number of anilines is 3. The number of halogens is 2. The van der Waals surface area contributed by atoms with E-state index in [1.54, 1.807) is 23.7 Å². The molecule has 3 amide bonds. The Labute approximate surface area is 278 Å². The average Bonchev–Trinajstić information content (AvgIpc) is 3.43. The molecule has 15 heteroatoms. The van der Waals surface area contributed by atoms with Gasteiger partial charge in [-0.1, -0.05) is 38.5 Å². The maximum Gasteiger partial charge on any atom is 0.324 e. The molecule has 12 nitrogen and oxygen atoms in total. The van der Waals surface area contributed by atoms with Gasteiger partial charge in [0.2, 0.25) is 0 Å². The van der Waals surface area contributed by atoms with Crippen LogP contribution in [0.25, 0.3) is 5.69 Å². The number of nitrogens with zero attached hydrogens (tertiary/aromatic N) is 5. The Morgan fingerprint density at radius 3 is 2.10 bits per heavy atom. The van der Waals surface area contributed by atoms with Crippen molar-refractivity contribution in [3.8, 4) is 5.69 Å². The van der Waals surface area contributed by atoms with Gasteiger partial charge in [-0.2, -0.15) is 13.5 Å². The second kappa shape index (κ2) is 14.5. The van der Waals surface area contributed by atoms with E-state index in [4.69, 9.17) is 9.65 Å². The van der Waals surface area contributed by atoms with Crippen LogP contribution in [-0.2, 0) is 15.5 Å². The fourth-order valence-electron chi connectivity index (χ4n) is 4.82. The highest BCUT2D eigenvalue weighted by molar-refractivity contribution is 7.85. The summed E-state index contributed by atoms with van der Waals surface area (Å²) in [5.74, 6) is -0.701. The zero-order valence-corrected chi connectivity index (χ0v) is 28.4. The molecule has 0 radical (unpaired) electrons. The second-order valence-corrected chi connectivity index (χ2v) is 13.9. The van der Waals surface area contributed by atoms with Gasteiger partial charge < -0.3 is 15.1 Å². The van der Waals surface area contributed by atoms with Crippen molar-refractivity contribution in [1.29, 1.82) is 0 Å². The number of hydrogen-bond donors (Lipinski definition) is 3. The third kappa shape index (κ3) is 9.58. The van der Waals surface area contributed by atoms with Crippen LogP contribution < -0.4 is 15.5 Å². The van der Waals surface area contributed by atoms with Crippen LogP contribution in [0, 0.1) is 25.5 Å². The maximum atomic E-state index is 14.1. The highest BCUT2D eigenvalue weighted by Gasteiger charge is 2.26. The molecule has 2 aromatic carbocycles. The van der Waals surface area contributed by atoms with Crippen molar-refractivity contribution in [2.75, 3.05) is 48.0 Å². The first-order valence-corrected chi connectivity index (χ1v) is 16.9. The summed E-state index contributed by atoms with van der Waals surface area (Å²) >= 11 is 0. The van der Waals surface area contributed by atoms with Gasteiger partial charge >= 0.3 is 6.03 Å². The van der Waals surface area contributed by atoms with E-state index in [0.29, 0.717) is 55.5 Å². The van der Waals surface area contributed by atoms with Gasteiger partial charge in [0.15, 0.2) is 0 Å². The Bertz CT molecular complexity index is 1890. The Morgan fingerprint density at radius 1 is 0.896 bits per heavy atom. The molecular formula is C33H39F2N7O5S.